The van der Waals surface area contributed by atoms with E-state index >= 15 is 0 Å². The maximum atomic E-state index is 4.22. The van der Waals surface area contributed by atoms with Crippen molar-refractivity contribution in [2.45, 2.75) is 25.2 Å². The summed E-state index contributed by atoms with van der Waals surface area (Å²) >= 11 is 0. The average molecular weight is 190 g/mol. The standard InChI is InChI=1S/C12H18N2/c1-10-5-6-12(10,9-13-2)11-4-3-7-14-8-11/h3-4,7-8,10,13H,5-6,9H2,1-2H3. The second kappa shape index (κ2) is 3.70. The normalized spacial score (nSPS) is 31.1. The number of rotatable bonds is 3. The number of nitrogens with zero attached hydrogens (tertiary/aromatic N) is 1. The molecule has 76 valence electrons. The molecule has 1 aromatic heterocycles. The van der Waals surface area contributed by atoms with Gasteiger partial charge in [0.25, 0.3) is 0 Å². The van der Waals surface area contributed by atoms with Gasteiger partial charge >= 0.3 is 0 Å². The molecule has 1 N–H and O–H groups in total. The quantitative estimate of drug-likeness (QED) is 0.788. The smallest absolute Gasteiger partial charge is 0.0306 e. The van der Waals surface area contributed by atoms with E-state index in [0.29, 0.717) is 5.41 Å². The van der Waals surface area contributed by atoms with Crippen molar-refractivity contribution in [3.8, 4) is 0 Å². The largest absolute Gasteiger partial charge is 0.319 e. The summed E-state index contributed by atoms with van der Waals surface area (Å²) < 4.78 is 0. The van der Waals surface area contributed by atoms with Gasteiger partial charge in [0.2, 0.25) is 0 Å². The summed E-state index contributed by atoms with van der Waals surface area (Å²) in [7, 11) is 2.03. The zero-order chi connectivity index (χ0) is 10.0. The molecule has 1 heterocycles. The lowest BCUT2D eigenvalue weighted by molar-refractivity contribution is 0.136. The highest BCUT2D eigenvalue weighted by Gasteiger charge is 2.44. The van der Waals surface area contributed by atoms with Crippen LogP contribution < -0.4 is 5.32 Å². The van der Waals surface area contributed by atoms with Crippen LogP contribution in [0.4, 0.5) is 0 Å². The molecule has 2 nitrogen and oxygen atoms in total. The van der Waals surface area contributed by atoms with Crippen LogP contribution in [0.5, 0.6) is 0 Å². The highest BCUT2D eigenvalue weighted by atomic mass is 14.8. The Hall–Kier alpha value is -0.890. The first-order valence-electron chi connectivity index (χ1n) is 5.35. The van der Waals surface area contributed by atoms with Crippen LogP contribution in [0, 0.1) is 5.92 Å². The van der Waals surface area contributed by atoms with Gasteiger partial charge in [-0.05, 0) is 37.4 Å². The highest BCUT2D eigenvalue weighted by molar-refractivity contribution is 5.27. The zero-order valence-corrected chi connectivity index (χ0v) is 8.96. The summed E-state index contributed by atoms with van der Waals surface area (Å²) in [5.74, 6) is 0.777. The molecule has 0 amide bonds. The van der Waals surface area contributed by atoms with Crippen LogP contribution >= 0.6 is 0 Å². The van der Waals surface area contributed by atoms with Gasteiger partial charge in [0.1, 0.15) is 0 Å². The van der Waals surface area contributed by atoms with E-state index in [9.17, 15) is 0 Å². The van der Waals surface area contributed by atoms with Gasteiger partial charge in [0.05, 0.1) is 0 Å². The van der Waals surface area contributed by atoms with Gasteiger partial charge in [-0.1, -0.05) is 13.0 Å². The second-order valence-electron chi connectivity index (χ2n) is 4.37. The molecule has 0 bridgehead atoms. The van der Waals surface area contributed by atoms with Gasteiger partial charge in [-0.2, -0.15) is 0 Å². The topological polar surface area (TPSA) is 24.9 Å². The van der Waals surface area contributed by atoms with Gasteiger partial charge in [0.15, 0.2) is 0 Å². The van der Waals surface area contributed by atoms with Crippen LogP contribution in [-0.2, 0) is 5.41 Å². The fourth-order valence-electron chi connectivity index (χ4n) is 2.55. The highest BCUT2D eigenvalue weighted by Crippen LogP contribution is 2.47. The van der Waals surface area contributed by atoms with E-state index in [1.54, 1.807) is 0 Å². The minimum Gasteiger partial charge on any atom is -0.319 e. The molecule has 2 rings (SSSR count). The number of aromatic nitrogens is 1. The van der Waals surface area contributed by atoms with Crippen molar-refractivity contribution in [1.29, 1.82) is 0 Å². The summed E-state index contributed by atoms with van der Waals surface area (Å²) in [6, 6.07) is 4.25. The lowest BCUT2D eigenvalue weighted by Gasteiger charge is -2.48. The minimum atomic E-state index is 0.350. The van der Waals surface area contributed by atoms with Crippen molar-refractivity contribution < 1.29 is 0 Å². The molecule has 2 atom stereocenters. The molecule has 1 fully saturated rings. The summed E-state index contributed by atoms with van der Waals surface area (Å²) in [6.07, 6.45) is 6.50. The molecular weight excluding hydrogens is 172 g/mol. The molecule has 0 aromatic carbocycles. The predicted octanol–water partition coefficient (Wildman–Crippen LogP) is 1.97. The lowest BCUT2D eigenvalue weighted by atomic mass is 9.57. The van der Waals surface area contributed by atoms with Crippen molar-refractivity contribution in [2.75, 3.05) is 13.6 Å². The molecule has 1 aromatic rings. The molecule has 0 aliphatic heterocycles. The van der Waals surface area contributed by atoms with Crippen molar-refractivity contribution in [3.63, 3.8) is 0 Å². The maximum absolute atomic E-state index is 4.22. The van der Waals surface area contributed by atoms with Crippen LogP contribution in [0.1, 0.15) is 25.3 Å². The van der Waals surface area contributed by atoms with Gasteiger partial charge < -0.3 is 5.32 Å². The molecule has 1 saturated carbocycles. The average Bonchev–Trinajstić information content (AvgIpc) is 2.25. The van der Waals surface area contributed by atoms with E-state index in [4.69, 9.17) is 0 Å². The predicted molar refractivity (Wildman–Crippen MR) is 58.2 cm³/mol. The molecule has 14 heavy (non-hydrogen) atoms. The lowest BCUT2D eigenvalue weighted by Crippen LogP contribution is -2.49. The monoisotopic (exact) mass is 190 g/mol. The van der Waals surface area contributed by atoms with Crippen LogP contribution in [0.25, 0.3) is 0 Å². The van der Waals surface area contributed by atoms with Crippen LogP contribution in [0.3, 0.4) is 0 Å². The molecule has 0 saturated heterocycles. The van der Waals surface area contributed by atoms with Crippen LogP contribution in [0.15, 0.2) is 24.5 Å². The van der Waals surface area contributed by atoms with Crippen molar-refractivity contribution >= 4 is 0 Å². The fourth-order valence-corrected chi connectivity index (χ4v) is 2.55. The Bertz CT molecular complexity index is 296. The maximum Gasteiger partial charge on any atom is 0.0306 e. The molecule has 1 aliphatic rings. The third kappa shape index (κ3) is 1.34. The first kappa shape index (κ1) is 9.66. The molecule has 0 radical (unpaired) electrons. The zero-order valence-electron chi connectivity index (χ0n) is 8.96. The van der Waals surface area contributed by atoms with Gasteiger partial charge in [-0.25, -0.2) is 0 Å². The Morgan fingerprint density at radius 3 is 2.93 bits per heavy atom. The molecule has 1 aliphatic carbocycles. The molecule has 2 unspecified atom stereocenters. The van der Waals surface area contributed by atoms with E-state index in [-0.39, 0.29) is 0 Å². The van der Waals surface area contributed by atoms with Crippen molar-refractivity contribution in [3.05, 3.63) is 30.1 Å². The Balaban J connectivity index is 2.28. The summed E-state index contributed by atoms with van der Waals surface area (Å²) in [4.78, 5) is 4.22. The number of nitrogens with one attached hydrogen (secondary N) is 1. The number of likely N-dealkylation sites (N-methyl/N-ethyl adjacent to an activating group) is 1. The summed E-state index contributed by atoms with van der Waals surface area (Å²) in [5.41, 5.74) is 1.75. The van der Waals surface area contributed by atoms with E-state index < -0.39 is 0 Å². The summed E-state index contributed by atoms with van der Waals surface area (Å²) in [5, 5.41) is 3.31. The minimum absolute atomic E-state index is 0.350. The Kier molecular flexibility index (Phi) is 2.55. The molecular formula is C12H18N2. The van der Waals surface area contributed by atoms with E-state index in [2.05, 4.69) is 23.3 Å². The Morgan fingerprint density at radius 1 is 1.64 bits per heavy atom. The van der Waals surface area contributed by atoms with E-state index in [1.165, 1.54) is 18.4 Å². The van der Waals surface area contributed by atoms with Gasteiger partial charge in [0, 0.05) is 24.4 Å². The number of pyridine rings is 1. The Morgan fingerprint density at radius 2 is 2.50 bits per heavy atom. The third-order valence-electron chi connectivity index (χ3n) is 3.70. The van der Waals surface area contributed by atoms with Crippen molar-refractivity contribution in [2.24, 2.45) is 5.92 Å². The second-order valence-corrected chi connectivity index (χ2v) is 4.37. The van der Waals surface area contributed by atoms with Gasteiger partial charge in [-0.3, -0.25) is 4.98 Å². The number of hydrogen-bond acceptors (Lipinski definition) is 2. The third-order valence-corrected chi connectivity index (χ3v) is 3.70. The Labute approximate surface area is 85.7 Å². The van der Waals surface area contributed by atoms with Crippen LogP contribution in [-0.4, -0.2) is 18.6 Å². The summed E-state index contributed by atoms with van der Waals surface area (Å²) in [6.45, 7) is 3.41. The van der Waals surface area contributed by atoms with Gasteiger partial charge in [-0.15, -0.1) is 0 Å². The fraction of sp³-hybridized carbons (Fsp3) is 0.583. The molecule has 2 heteroatoms. The van der Waals surface area contributed by atoms with E-state index in [0.717, 1.165) is 12.5 Å². The van der Waals surface area contributed by atoms with Crippen molar-refractivity contribution in [1.82, 2.24) is 10.3 Å². The SMILES string of the molecule is CNCC1(c2cccnc2)CCC1C. The first-order chi connectivity index (χ1) is 6.79. The molecule has 0 spiro atoms. The number of hydrogen-bond donors (Lipinski definition) is 1. The van der Waals surface area contributed by atoms with E-state index in [1.807, 2.05) is 25.5 Å². The van der Waals surface area contributed by atoms with Crippen LogP contribution in [0.2, 0.25) is 0 Å². The first-order valence-corrected chi connectivity index (χ1v) is 5.35.